The molecule has 0 spiro atoms. The minimum absolute atomic E-state index is 0.00576. The van der Waals surface area contributed by atoms with Crippen LogP contribution in [0.15, 0.2) is 33.9 Å². The molecule has 0 saturated heterocycles. The Labute approximate surface area is 184 Å². The molecular formula is C21H29F2N5O4. The average molecular weight is 453 g/mol. The first-order valence-corrected chi connectivity index (χ1v) is 10.2. The zero-order valence-corrected chi connectivity index (χ0v) is 18.5. The number of carbonyl (C=O) groups excluding carboxylic acids is 1. The summed E-state index contributed by atoms with van der Waals surface area (Å²) in [5.41, 5.74) is 4.92. The smallest absolute Gasteiger partial charge is 0.387 e. The second-order valence-electron chi connectivity index (χ2n) is 8.19. The minimum Gasteiger partial charge on any atom is -0.433 e. The summed E-state index contributed by atoms with van der Waals surface area (Å²) in [7, 11) is 0. The van der Waals surface area contributed by atoms with Crippen LogP contribution in [0.2, 0.25) is 0 Å². The summed E-state index contributed by atoms with van der Waals surface area (Å²) in [6, 6.07) is 5.78. The molecule has 2 rings (SSSR count). The molecule has 1 amide bonds. The van der Waals surface area contributed by atoms with Crippen LogP contribution < -0.4 is 31.9 Å². The first kappa shape index (κ1) is 24.9. The lowest BCUT2D eigenvalue weighted by Gasteiger charge is -2.27. The number of amides is 1. The molecule has 0 unspecified atom stereocenters. The molecule has 0 radical (unpaired) electrons. The van der Waals surface area contributed by atoms with E-state index in [0.29, 0.717) is 0 Å². The van der Waals surface area contributed by atoms with E-state index in [0.717, 1.165) is 0 Å². The van der Waals surface area contributed by atoms with Crippen LogP contribution in [0.4, 0.5) is 26.0 Å². The number of nitrogens with one attached hydrogen (secondary N) is 2. The van der Waals surface area contributed by atoms with Crippen molar-refractivity contribution in [1.82, 2.24) is 9.55 Å². The van der Waals surface area contributed by atoms with E-state index in [4.69, 9.17) is 5.73 Å². The van der Waals surface area contributed by atoms with Crippen molar-refractivity contribution in [3.63, 3.8) is 0 Å². The van der Waals surface area contributed by atoms with Gasteiger partial charge in [-0.3, -0.25) is 19.1 Å². The van der Waals surface area contributed by atoms with Crippen LogP contribution >= 0.6 is 0 Å². The molecule has 0 saturated carbocycles. The topological polar surface area (TPSA) is 122 Å². The Kier molecular flexibility index (Phi) is 8.39. The van der Waals surface area contributed by atoms with Gasteiger partial charge in [-0.2, -0.15) is 8.78 Å². The lowest BCUT2D eigenvalue weighted by atomic mass is 10.2. The summed E-state index contributed by atoms with van der Waals surface area (Å²) in [6.45, 7) is 4.81. The van der Waals surface area contributed by atoms with Gasteiger partial charge in [0.25, 0.3) is 5.56 Å². The van der Waals surface area contributed by atoms with Crippen molar-refractivity contribution in [3.05, 3.63) is 45.1 Å². The third-order valence-electron chi connectivity index (χ3n) is 4.38. The van der Waals surface area contributed by atoms with Crippen molar-refractivity contribution in [3.8, 4) is 5.75 Å². The fraction of sp³-hybridized carbons (Fsp3) is 0.476. The molecule has 0 fully saturated rings. The van der Waals surface area contributed by atoms with E-state index >= 15 is 0 Å². The summed E-state index contributed by atoms with van der Waals surface area (Å²) in [4.78, 5) is 41.3. The lowest BCUT2D eigenvalue weighted by Crippen LogP contribution is -2.43. The largest absolute Gasteiger partial charge is 0.433 e. The molecule has 4 N–H and O–H groups in total. The number of nitrogens with zero attached hydrogens (tertiary/aromatic N) is 2. The van der Waals surface area contributed by atoms with Crippen molar-refractivity contribution in [1.29, 1.82) is 0 Å². The number of benzene rings is 1. The molecule has 0 aliphatic carbocycles. The highest BCUT2D eigenvalue weighted by molar-refractivity contribution is 5.95. The number of rotatable bonds is 10. The van der Waals surface area contributed by atoms with E-state index in [1.807, 2.05) is 27.7 Å². The van der Waals surface area contributed by atoms with Crippen LogP contribution in [0.1, 0.15) is 27.7 Å². The number of halogens is 2. The van der Waals surface area contributed by atoms with Crippen LogP contribution in [0, 0.1) is 11.8 Å². The number of aromatic amines is 1. The highest BCUT2D eigenvalue weighted by Crippen LogP contribution is 2.26. The molecule has 0 aliphatic heterocycles. The van der Waals surface area contributed by atoms with Gasteiger partial charge in [0.1, 0.15) is 17.3 Å². The maximum Gasteiger partial charge on any atom is 0.387 e. The predicted molar refractivity (Wildman–Crippen MR) is 119 cm³/mol. The Morgan fingerprint density at radius 3 is 2.44 bits per heavy atom. The Morgan fingerprint density at radius 2 is 1.84 bits per heavy atom. The zero-order chi connectivity index (χ0) is 24.0. The molecular weight excluding hydrogens is 424 g/mol. The second-order valence-corrected chi connectivity index (χ2v) is 8.19. The van der Waals surface area contributed by atoms with Crippen molar-refractivity contribution in [2.75, 3.05) is 29.0 Å². The van der Waals surface area contributed by atoms with Gasteiger partial charge < -0.3 is 20.7 Å². The van der Waals surface area contributed by atoms with Crippen molar-refractivity contribution in [2.45, 2.75) is 40.9 Å². The number of H-pyrrole nitrogens is 1. The summed E-state index contributed by atoms with van der Waals surface area (Å²) >= 11 is 0. The van der Waals surface area contributed by atoms with Gasteiger partial charge in [-0.15, -0.1) is 0 Å². The highest BCUT2D eigenvalue weighted by Gasteiger charge is 2.23. The average Bonchev–Trinajstić information content (AvgIpc) is 2.65. The number of ether oxygens (including phenoxy) is 1. The number of carbonyl (C=O) groups is 1. The number of nitrogen functional groups attached to an aromatic ring is 1. The second kappa shape index (κ2) is 10.8. The SMILES string of the molecule is CC(C)CN(CC(=O)Nc1ccccc1OC(F)F)c1c(N)n(CC(C)C)c(=O)[nH]c1=O. The van der Waals surface area contributed by atoms with Gasteiger partial charge in [0.05, 0.1) is 12.2 Å². The van der Waals surface area contributed by atoms with Crippen LogP contribution in [-0.2, 0) is 11.3 Å². The molecule has 0 atom stereocenters. The zero-order valence-electron chi connectivity index (χ0n) is 18.5. The summed E-state index contributed by atoms with van der Waals surface area (Å²) in [5, 5.41) is 2.53. The van der Waals surface area contributed by atoms with Crippen LogP contribution in [0.5, 0.6) is 5.75 Å². The third-order valence-corrected chi connectivity index (χ3v) is 4.38. The summed E-state index contributed by atoms with van der Waals surface area (Å²) in [5.74, 6) is -0.670. The van der Waals surface area contributed by atoms with E-state index in [-0.39, 0.29) is 54.4 Å². The molecule has 32 heavy (non-hydrogen) atoms. The van der Waals surface area contributed by atoms with Gasteiger partial charge in [0.15, 0.2) is 0 Å². The minimum atomic E-state index is -3.05. The Balaban J connectivity index is 2.38. The standard InChI is InChI=1S/C21H29F2N5O4/c1-12(2)9-27(17-18(24)28(10-13(3)4)21(31)26-19(17)30)11-16(29)25-14-7-5-6-8-15(14)32-20(22)23/h5-8,12-13,20H,9-11,24H2,1-4H3,(H,25,29)(H,26,30,31). The maximum atomic E-state index is 12.8. The van der Waals surface area contributed by atoms with Crippen LogP contribution in [0.25, 0.3) is 0 Å². The monoisotopic (exact) mass is 453 g/mol. The quantitative estimate of drug-likeness (QED) is 0.508. The molecule has 1 aromatic carbocycles. The molecule has 1 aromatic heterocycles. The van der Waals surface area contributed by atoms with E-state index < -0.39 is 23.8 Å². The van der Waals surface area contributed by atoms with Gasteiger partial charge in [0.2, 0.25) is 5.91 Å². The van der Waals surface area contributed by atoms with Crippen molar-refractivity contribution < 1.29 is 18.3 Å². The number of hydrogen-bond donors (Lipinski definition) is 3. The molecule has 9 nitrogen and oxygen atoms in total. The number of para-hydroxylation sites is 2. The van der Waals surface area contributed by atoms with E-state index in [2.05, 4.69) is 15.0 Å². The Morgan fingerprint density at radius 1 is 1.19 bits per heavy atom. The number of hydrogen-bond acceptors (Lipinski definition) is 6. The fourth-order valence-corrected chi connectivity index (χ4v) is 3.24. The van der Waals surface area contributed by atoms with Gasteiger partial charge in [0, 0.05) is 13.1 Å². The van der Waals surface area contributed by atoms with Crippen LogP contribution in [-0.4, -0.2) is 35.2 Å². The van der Waals surface area contributed by atoms with Crippen LogP contribution in [0.3, 0.4) is 0 Å². The molecule has 0 aliphatic rings. The predicted octanol–water partition coefficient (Wildman–Crippen LogP) is 2.48. The number of nitrogens with two attached hydrogens (primary N) is 1. The van der Waals surface area contributed by atoms with Gasteiger partial charge in [-0.05, 0) is 24.0 Å². The van der Waals surface area contributed by atoms with E-state index in [9.17, 15) is 23.2 Å². The molecule has 1 heterocycles. The third kappa shape index (κ3) is 6.56. The first-order valence-electron chi connectivity index (χ1n) is 10.2. The molecule has 2 aromatic rings. The summed E-state index contributed by atoms with van der Waals surface area (Å²) in [6.07, 6.45) is 0. The summed E-state index contributed by atoms with van der Waals surface area (Å²) < 4.78 is 31.0. The normalized spacial score (nSPS) is 11.3. The fourth-order valence-electron chi connectivity index (χ4n) is 3.24. The van der Waals surface area contributed by atoms with Crippen molar-refractivity contribution >= 4 is 23.1 Å². The van der Waals surface area contributed by atoms with E-state index in [1.165, 1.54) is 27.7 Å². The van der Waals surface area contributed by atoms with E-state index in [1.54, 1.807) is 6.07 Å². The number of anilines is 3. The lowest BCUT2D eigenvalue weighted by molar-refractivity contribution is -0.115. The van der Waals surface area contributed by atoms with Gasteiger partial charge >= 0.3 is 12.3 Å². The molecule has 11 heteroatoms. The van der Waals surface area contributed by atoms with Gasteiger partial charge in [-0.25, -0.2) is 4.79 Å². The maximum absolute atomic E-state index is 12.8. The first-order chi connectivity index (χ1) is 15.0. The Bertz CT molecular complexity index is 1050. The Hall–Kier alpha value is -3.37. The number of alkyl halides is 2. The highest BCUT2D eigenvalue weighted by atomic mass is 19.3. The molecule has 0 bridgehead atoms. The molecule has 176 valence electrons. The van der Waals surface area contributed by atoms with Gasteiger partial charge in [-0.1, -0.05) is 39.8 Å². The number of aromatic nitrogens is 2. The van der Waals surface area contributed by atoms with Crippen molar-refractivity contribution in [2.24, 2.45) is 11.8 Å².